The van der Waals surface area contributed by atoms with Gasteiger partial charge in [0.25, 0.3) is 0 Å². The summed E-state index contributed by atoms with van der Waals surface area (Å²) < 4.78 is 10.2. The maximum absolute atomic E-state index is 11.6. The van der Waals surface area contributed by atoms with Crippen molar-refractivity contribution in [2.75, 3.05) is 14.2 Å². The molecule has 19 heavy (non-hydrogen) atoms. The van der Waals surface area contributed by atoms with E-state index in [-0.39, 0.29) is 17.9 Å². The Labute approximate surface area is 111 Å². The predicted octanol–water partition coefficient (Wildman–Crippen LogP) is 1.87. The average Bonchev–Trinajstić information content (AvgIpc) is 2.49. The second-order valence-electron chi connectivity index (χ2n) is 4.24. The minimum atomic E-state index is -0.982. The van der Waals surface area contributed by atoms with Gasteiger partial charge in [-0.05, 0) is 18.2 Å². The highest BCUT2D eigenvalue weighted by molar-refractivity contribution is 5.73. The van der Waals surface area contributed by atoms with Crippen molar-refractivity contribution in [3.05, 3.63) is 53.4 Å². The zero-order chi connectivity index (χ0) is 13.9. The second kappa shape index (κ2) is 5.14. The molecule has 1 atom stereocenters. The van der Waals surface area contributed by atoms with Gasteiger partial charge in [-0.15, -0.1) is 0 Å². The van der Waals surface area contributed by atoms with Crippen molar-refractivity contribution >= 4 is 6.29 Å². The molecular formula is C14H15NO4. The van der Waals surface area contributed by atoms with Gasteiger partial charge in [-0.2, -0.15) is 0 Å². The van der Waals surface area contributed by atoms with E-state index >= 15 is 0 Å². The van der Waals surface area contributed by atoms with Gasteiger partial charge in [0.05, 0.1) is 25.3 Å². The largest absolute Gasteiger partial charge is 0.502 e. The van der Waals surface area contributed by atoms with E-state index < -0.39 is 5.41 Å². The number of aliphatic hydroxyl groups excluding tert-OH is 1. The van der Waals surface area contributed by atoms with Gasteiger partial charge >= 0.3 is 0 Å². The van der Waals surface area contributed by atoms with E-state index in [2.05, 4.69) is 4.98 Å². The molecule has 1 aromatic rings. The fraction of sp³-hybridized carbons (Fsp3) is 0.286. The van der Waals surface area contributed by atoms with Crippen molar-refractivity contribution in [1.29, 1.82) is 0 Å². The van der Waals surface area contributed by atoms with Crippen molar-refractivity contribution in [3.8, 4) is 0 Å². The van der Waals surface area contributed by atoms with Gasteiger partial charge in [-0.1, -0.05) is 6.07 Å². The standard InChI is InChI=1S/C14H15NO4/c1-18-10-7-14(9-16,8-11(19-2)13(10)17)12-5-3-4-6-15-12/h3-7,9,17H,8H2,1-2H3/t14-/m1/s1. The molecule has 0 spiro atoms. The van der Waals surface area contributed by atoms with Crippen LogP contribution >= 0.6 is 0 Å². The summed E-state index contributed by atoms with van der Waals surface area (Å²) in [6.07, 6.45) is 4.19. The molecule has 0 saturated carbocycles. The highest BCUT2D eigenvalue weighted by Gasteiger charge is 2.39. The van der Waals surface area contributed by atoms with Crippen molar-refractivity contribution in [3.63, 3.8) is 0 Å². The molecule has 0 aromatic carbocycles. The summed E-state index contributed by atoms with van der Waals surface area (Å²) in [4.78, 5) is 15.8. The van der Waals surface area contributed by atoms with Crippen LogP contribution in [-0.2, 0) is 19.7 Å². The van der Waals surface area contributed by atoms with E-state index in [1.807, 2.05) is 0 Å². The molecular weight excluding hydrogens is 246 g/mol. The van der Waals surface area contributed by atoms with Crippen LogP contribution < -0.4 is 0 Å². The Balaban J connectivity index is 2.55. The summed E-state index contributed by atoms with van der Waals surface area (Å²) in [6, 6.07) is 5.34. The van der Waals surface area contributed by atoms with E-state index in [0.29, 0.717) is 11.5 Å². The van der Waals surface area contributed by atoms with Crippen molar-refractivity contribution in [2.24, 2.45) is 0 Å². The minimum absolute atomic E-state index is 0.0848. The highest BCUT2D eigenvalue weighted by Crippen LogP contribution is 2.37. The van der Waals surface area contributed by atoms with Crippen molar-refractivity contribution < 1.29 is 19.4 Å². The Bertz CT molecular complexity index is 536. The van der Waals surface area contributed by atoms with Crippen LogP contribution in [0, 0.1) is 0 Å². The monoisotopic (exact) mass is 261 g/mol. The molecule has 1 aliphatic rings. The number of carbonyl (C=O) groups is 1. The van der Waals surface area contributed by atoms with E-state index in [1.54, 1.807) is 30.5 Å². The molecule has 0 radical (unpaired) electrons. The number of ether oxygens (including phenoxy) is 2. The van der Waals surface area contributed by atoms with Crippen LogP contribution in [-0.4, -0.2) is 30.6 Å². The Morgan fingerprint density at radius 3 is 2.68 bits per heavy atom. The quantitative estimate of drug-likeness (QED) is 0.838. The van der Waals surface area contributed by atoms with Crippen molar-refractivity contribution in [1.82, 2.24) is 4.98 Å². The molecule has 0 fully saturated rings. The maximum atomic E-state index is 11.6. The zero-order valence-corrected chi connectivity index (χ0v) is 10.8. The summed E-state index contributed by atoms with van der Waals surface area (Å²) >= 11 is 0. The molecule has 0 aliphatic heterocycles. The van der Waals surface area contributed by atoms with Crippen molar-refractivity contribution in [2.45, 2.75) is 11.8 Å². The third-order valence-corrected chi connectivity index (χ3v) is 3.16. The van der Waals surface area contributed by atoms with Gasteiger partial charge in [0, 0.05) is 12.6 Å². The van der Waals surface area contributed by atoms with Gasteiger partial charge in [0.15, 0.2) is 11.5 Å². The van der Waals surface area contributed by atoms with Crippen LogP contribution in [0.3, 0.4) is 0 Å². The lowest BCUT2D eigenvalue weighted by Crippen LogP contribution is -2.32. The first kappa shape index (κ1) is 13.1. The van der Waals surface area contributed by atoms with Crippen LogP contribution in [0.1, 0.15) is 12.1 Å². The summed E-state index contributed by atoms with van der Waals surface area (Å²) in [5.74, 6) is 0.427. The third kappa shape index (κ3) is 2.19. The Hall–Kier alpha value is -2.30. The first-order valence-corrected chi connectivity index (χ1v) is 5.78. The number of allylic oxidation sites excluding steroid dienone is 2. The minimum Gasteiger partial charge on any atom is -0.502 e. The topological polar surface area (TPSA) is 68.7 Å². The van der Waals surface area contributed by atoms with Gasteiger partial charge in [-0.3, -0.25) is 4.98 Å². The SMILES string of the molecule is COC1=C[C@@](C=O)(c2ccccn2)CC(OC)=C1O. The molecule has 5 heteroatoms. The molecule has 5 nitrogen and oxygen atoms in total. The lowest BCUT2D eigenvalue weighted by Gasteiger charge is -2.29. The number of hydrogen-bond donors (Lipinski definition) is 1. The molecule has 1 heterocycles. The fourth-order valence-electron chi connectivity index (χ4n) is 2.10. The number of methoxy groups -OCH3 is 2. The Morgan fingerprint density at radius 2 is 2.16 bits per heavy atom. The van der Waals surface area contributed by atoms with E-state index in [0.717, 1.165) is 6.29 Å². The Morgan fingerprint density at radius 1 is 1.37 bits per heavy atom. The number of nitrogens with zero attached hydrogens (tertiary/aromatic N) is 1. The first-order valence-electron chi connectivity index (χ1n) is 5.78. The predicted molar refractivity (Wildman–Crippen MR) is 68.4 cm³/mol. The summed E-state index contributed by atoms with van der Waals surface area (Å²) in [7, 11) is 2.87. The van der Waals surface area contributed by atoms with Crippen LogP contribution in [0.5, 0.6) is 0 Å². The lowest BCUT2D eigenvalue weighted by molar-refractivity contribution is -0.111. The fourth-order valence-corrected chi connectivity index (χ4v) is 2.10. The van der Waals surface area contributed by atoms with Crippen LogP contribution in [0.2, 0.25) is 0 Å². The number of hydrogen-bond acceptors (Lipinski definition) is 5. The van der Waals surface area contributed by atoms with E-state index in [4.69, 9.17) is 9.47 Å². The normalized spacial score (nSPS) is 22.7. The molecule has 0 bridgehead atoms. The average molecular weight is 261 g/mol. The number of pyridine rings is 1. The first-order chi connectivity index (χ1) is 9.16. The van der Waals surface area contributed by atoms with Crippen LogP contribution in [0.4, 0.5) is 0 Å². The van der Waals surface area contributed by atoms with Crippen LogP contribution in [0.15, 0.2) is 47.7 Å². The maximum Gasteiger partial charge on any atom is 0.196 e. The van der Waals surface area contributed by atoms with E-state index in [9.17, 15) is 9.90 Å². The summed E-state index contributed by atoms with van der Waals surface area (Å²) in [6.45, 7) is 0. The molecule has 100 valence electrons. The van der Waals surface area contributed by atoms with Gasteiger partial charge in [0.1, 0.15) is 12.0 Å². The molecule has 0 saturated heterocycles. The molecule has 1 N–H and O–H groups in total. The van der Waals surface area contributed by atoms with Crippen LogP contribution in [0.25, 0.3) is 0 Å². The molecule has 2 rings (SSSR count). The summed E-state index contributed by atoms with van der Waals surface area (Å²) in [5, 5.41) is 9.93. The Kier molecular flexibility index (Phi) is 3.55. The molecule has 0 amide bonds. The number of aldehydes is 1. The van der Waals surface area contributed by atoms with E-state index in [1.165, 1.54) is 14.2 Å². The third-order valence-electron chi connectivity index (χ3n) is 3.16. The zero-order valence-electron chi connectivity index (χ0n) is 10.8. The number of rotatable bonds is 4. The number of carbonyl (C=O) groups excluding carboxylic acids is 1. The lowest BCUT2D eigenvalue weighted by atomic mass is 9.78. The molecule has 1 aliphatic carbocycles. The van der Waals surface area contributed by atoms with Gasteiger partial charge < -0.3 is 19.4 Å². The summed E-state index contributed by atoms with van der Waals surface area (Å²) in [5.41, 5.74) is -0.397. The second-order valence-corrected chi connectivity index (χ2v) is 4.24. The number of aliphatic hydroxyl groups is 1. The van der Waals surface area contributed by atoms with Gasteiger partial charge in [-0.25, -0.2) is 0 Å². The smallest absolute Gasteiger partial charge is 0.196 e. The number of aromatic nitrogens is 1. The molecule has 0 unspecified atom stereocenters. The molecule has 1 aromatic heterocycles. The van der Waals surface area contributed by atoms with Gasteiger partial charge in [0.2, 0.25) is 0 Å². The highest BCUT2D eigenvalue weighted by atomic mass is 16.5.